The largest absolute Gasteiger partial charge is 0.114 e. The second-order valence-corrected chi connectivity index (χ2v) is 10.6. The maximum Gasteiger partial charge on any atom is 0.114 e. The molecular formula is C30H18BBr3. The van der Waals surface area contributed by atoms with Crippen molar-refractivity contribution in [2.75, 3.05) is 0 Å². The van der Waals surface area contributed by atoms with Gasteiger partial charge in [-0.15, -0.1) is 0 Å². The molecule has 34 heavy (non-hydrogen) atoms. The van der Waals surface area contributed by atoms with Gasteiger partial charge < -0.3 is 0 Å². The number of benzene rings is 5. The summed E-state index contributed by atoms with van der Waals surface area (Å²) in [5.41, 5.74) is 9.60. The number of hydrogen-bond donors (Lipinski definition) is 0. The van der Waals surface area contributed by atoms with Crippen molar-refractivity contribution >= 4 is 61.1 Å². The van der Waals surface area contributed by atoms with E-state index in [4.69, 9.17) is 7.85 Å². The third-order valence-electron chi connectivity index (χ3n) is 5.87. The first-order valence-corrected chi connectivity index (χ1v) is 13.2. The maximum absolute atomic E-state index is 6.59. The van der Waals surface area contributed by atoms with Crippen LogP contribution in [0.2, 0.25) is 0 Å². The highest BCUT2D eigenvalue weighted by molar-refractivity contribution is 9.11. The highest BCUT2D eigenvalue weighted by atomic mass is 79.9. The third kappa shape index (κ3) is 4.72. The van der Waals surface area contributed by atoms with Crippen LogP contribution in [0, 0.1) is 0 Å². The first kappa shape index (κ1) is 23.4. The molecule has 0 aliphatic heterocycles. The SMILES string of the molecule is [B]c1cc(-c2ccc(-c3ccccc3)cc2Br)c(Br)cc1-c1ccc(-c2ccccc2)cc1Br. The summed E-state index contributed by atoms with van der Waals surface area (Å²) in [4.78, 5) is 0. The van der Waals surface area contributed by atoms with Gasteiger partial charge >= 0.3 is 0 Å². The predicted molar refractivity (Wildman–Crippen MR) is 157 cm³/mol. The molecule has 0 fully saturated rings. The van der Waals surface area contributed by atoms with Crippen molar-refractivity contribution in [2.24, 2.45) is 0 Å². The summed E-state index contributed by atoms with van der Waals surface area (Å²) in [6.45, 7) is 0. The molecule has 0 N–H and O–H groups in total. The Morgan fingerprint density at radius 3 is 1.29 bits per heavy atom. The van der Waals surface area contributed by atoms with E-state index in [-0.39, 0.29) is 0 Å². The van der Waals surface area contributed by atoms with Gasteiger partial charge in [-0.3, -0.25) is 0 Å². The molecule has 0 unspecified atom stereocenters. The maximum atomic E-state index is 6.59. The zero-order valence-electron chi connectivity index (χ0n) is 18.1. The van der Waals surface area contributed by atoms with Crippen molar-refractivity contribution < 1.29 is 0 Å². The van der Waals surface area contributed by atoms with Gasteiger partial charge in [-0.25, -0.2) is 0 Å². The highest BCUT2D eigenvalue weighted by Crippen LogP contribution is 2.39. The van der Waals surface area contributed by atoms with Gasteiger partial charge in [0.15, 0.2) is 0 Å². The molecule has 0 amide bonds. The summed E-state index contributed by atoms with van der Waals surface area (Å²) in [7, 11) is 6.59. The lowest BCUT2D eigenvalue weighted by Crippen LogP contribution is -2.08. The van der Waals surface area contributed by atoms with Gasteiger partial charge in [-0.1, -0.05) is 144 Å². The zero-order valence-corrected chi connectivity index (χ0v) is 22.9. The fourth-order valence-electron chi connectivity index (χ4n) is 4.12. The van der Waals surface area contributed by atoms with Gasteiger partial charge in [0, 0.05) is 13.4 Å². The first-order valence-electron chi connectivity index (χ1n) is 10.8. The van der Waals surface area contributed by atoms with Crippen LogP contribution in [0.25, 0.3) is 44.5 Å². The van der Waals surface area contributed by atoms with Crippen LogP contribution in [0.15, 0.2) is 123 Å². The first-order chi connectivity index (χ1) is 16.5. The molecular weight excluding hydrogens is 611 g/mol. The topological polar surface area (TPSA) is 0 Å². The van der Waals surface area contributed by atoms with Crippen molar-refractivity contribution in [3.8, 4) is 44.5 Å². The van der Waals surface area contributed by atoms with Crippen LogP contribution >= 0.6 is 47.8 Å². The molecule has 0 saturated carbocycles. The third-order valence-corrected chi connectivity index (χ3v) is 7.84. The van der Waals surface area contributed by atoms with Crippen LogP contribution in [-0.4, -0.2) is 7.85 Å². The van der Waals surface area contributed by atoms with E-state index < -0.39 is 0 Å². The Hall–Kier alpha value is -2.40. The van der Waals surface area contributed by atoms with E-state index in [1.807, 2.05) is 18.2 Å². The quantitative estimate of drug-likeness (QED) is 0.174. The van der Waals surface area contributed by atoms with Gasteiger partial charge in [0.05, 0.1) is 0 Å². The fraction of sp³-hybridized carbons (Fsp3) is 0. The van der Waals surface area contributed by atoms with E-state index in [0.29, 0.717) is 0 Å². The molecule has 0 heterocycles. The monoisotopic (exact) mass is 626 g/mol. The van der Waals surface area contributed by atoms with Gasteiger partial charge in [-0.05, 0) is 62.7 Å². The number of hydrogen-bond acceptors (Lipinski definition) is 0. The smallest absolute Gasteiger partial charge is 0.0883 e. The van der Waals surface area contributed by atoms with Crippen molar-refractivity contribution in [2.45, 2.75) is 0 Å². The fourth-order valence-corrected chi connectivity index (χ4v) is 5.86. The Morgan fingerprint density at radius 1 is 0.382 bits per heavy atom. The number of halogens is 3. The van der Waals surface area contributed by atoms with Gasteiger partial charge in [0.25, 0.3) is 0 Å². The number of rotatable bonds is 4. The van der Waals surface area contributed by atoms with E-state index in [9.17, 15) is 0 Å². The lowest BCUT2D eigenvalue weighted by atomic mass is 9.84. The van der Waals surface area contributed by atoms with E-state index >= 15 is 0 Å². The van der Waals surface area contributed by atoms with Crippen LogP contribution in [-0.2, 0) is 0 Å². The Morgan fingerprint density at radius 2 is 0.824 bits per heavy atom. The highest BCUT2D eigenvalue weighted by Gasteiger charge is 2.14. The van der Waals surface area contributed by atoms with Gasteiger partial charge in [0.2, 0.25) is 0 Å². The summed E-state index contributed by atoms with van der Waals surface area (Å²) >= 11 is 11.3. The summed E-state index contributed by atoms with van der Waals surface area (Å²) in [5, 5.41) is 0. The van der Waals surface area contributed by atoms with Crippen LogP contribution in [0.1, 0.15) is 0 Å². The Kier molecular flexibility index (Phi) is 6.92. The second-order valence-electron chi connectivity index (χ2n) is 8.04. The molecule has 0 aromatic heterocycles. The van der Waals surface area contributed by atoms with Crippen molar-refractivity contribution in [1.29, 1.82) is 0 Å². The molecule has 162 valence electrons. The predicted octanol–water partition coefficient (Wildman–Crippen LogP) is 9.44. The normalized spacial score (nSPS) is 10.9. The Balaban J connectivity index is 1.51. The van der Waals surface area contributed by atoms with Crippen LogP contribution in [0.3, 0.4) is 0 Å². The van der Waals surface area contributed by atoms with E-state index in [0.717, 1.165) is 46.7 Å². The van der Waals surface area contributed by atoms with E-state index in [1.54, 1.807) is 0 Å². The molecule has 2 radical (unpaired) electrons. The molecule has 0 atom stereocenters. The average molecular weight is 629 g/mol. The molecule has 4 heteroatoms. The molecule has 5 aromatic rings. The lowest BCUT2D eigenvalue weighted by molar-refractivity contribution is 1.53. The van der Waals surface area contributed by atoms with Gasteiger partial charge in [0.1, 0.15) is 7.85 Å². The van der Waals surface area contributed by atoms with Crippen LogP contribution < -0.4 is 5.46 Å². The Labute approximate surface area is 226 Å². The summed E-state index contributed by atoms with van der Waals surface area (Å²) in [5.74, 6) is 0. The minimum absolute atomic E-state index is 0.727. The van der Waals surface area contributed by atoms with Crippen molar-refractivity contribution in [3.63, 3.8) is 0 Å². The average Bonchev–Trinajstić information content (AvgIpc) is 2.86. The molecule has 0 spiro atoms. The molecule has 0 aliphatic rings. The van der Waals surface area contributed by atoms with Crippen molar-refractivity contribution in [1.82, 2.24) is 0 Å². The standard InChI is InChI=1S/C30H18BBr3/c31-27-17-26(24-14-12-22(16-29(24)33)20-9-5-2-6-10-20)30(34)18-25(27)23-13-11-21(15-28(23)32)19-7-3-1-4-8-19/h1-18H. The second kappa shape index (κ2) is 10.1. The molecule has 0 bridgehead atoms. The zero-order chi connectivity index (χ0) is 23.7. The minimum atomic E-state index is 0.727. The van der Waals surface area contributed by atoms with Crippen LogP contribution in [0.4, 0.5) is 0 Å². The molecule has 0 nitrogen and oxygen atoms in total. The summed E-state index contributed by atoms with van der Waals surface area (Å²) in [6.07, 6.45) is 0. The minimum Gasteiger partial charge on any atom is -0.0883 e. The molecule has 0 saturated heterocycles. The molecule has 0 aliphatic carbocycles. The van der Waals surface area contributed by atoms with Gasteiger partial charge in [-0.2, -0.15) is 0 Å². The summed E-state index contributed by atoms with van der Waals surface area (Å²) in [6, 6.07) is 37.7. The molecule has 5 rings (SSSR count). The Bertz CT molecular complexity index is 1360. The van der Waals surface area contributed by atoms with E-state index in [1.165, 1.54) is 16.7 Å². The van der Waals surface area contributed by atoms with Crippen molar-refractivity contribution in [3.05, 3.63) is 123 Å². The van der Waals surface area contributed by atoms with Crippen LogP contribution in [0.5, 0.6) is 0 Å². The lowest BCUT2D eigenvalue weighted by Gasteiger charge is -2.16. The molecule has 5 aromatic carbocycles. The van der Waals surface area contributed by atoms with E-state index in [2.05, 4.69) is 139 Å². The summed E-state index contributed by atoms with van der Waals surface area (Å²) < 4.78 is 3.02.